The fraction of sp³-hybridized carbons (Fsp3) is 0.417. The number of hydrogen-bond donors (Lipinski definition) is 1. The van der Waals surface area contributed by atoms with Crippen LogP contribution in [0.2, 0.25) is 0 Å². The molecule has 0 aromatic heterocycles. The third kappa shape index (κ3) is 2.90. The highest BCUT2D eigenvalue weighted by Gasteiger charge is 2.58. The zero-order valence-corrected chi connectivity index (χ0v) is 11.5. The Kier molecular flexibility index (Phi) is 3.91. The highest BCUT2D eigenvalue weighted by Crippen LogP contribution is 2.43. The lowest BCUT2D eigenvalue weighted by molar-refractivity contribution is -0.385. The van der Waals surface area contributed by atoms with Gasteiger partial charge in [0.05, 0.1) is 4.92 Å². The third-order valence-electron chi connectivity index (χ3n) is 3.42. The van der Waals surface area contributed by atoms with E-state index in [9.17, 15) is 32.1 Å². The predicted molar refractivity (Wildman–Crippen MR) is 67.9 cm³/mol. The monoisotopic (exact) mass is 339 g/mol. The second-order valence-corrected chi connectivity index (χ2v) is 5.00. The second-order valence-electron chi connectivity index (χ2n) is 5.00. The Morgan fingerprint density at radius 3 is 2.57 bits per heavy atom. The number of nitro groups is 1. The fourth-order valence-corrected chi connectivity index (χ4v) is 2.26. The molecule has 0 fully saturated rings. The number of alkyl halides is 4. The van der Waals surface area contributed by atoms with Crippen molar-refractivity contribution >= 4 is 11.7 Å². The zero-order valence-electron chi connectivity index (χ0n) is 11.5. The van der Waals surface area contributed by atoms with Gasteiger partial charge >= 0.3 is 6.18 Å². The predicted octanol–water partition coefficient (Wildman–Crippen LogP) is 2.56. The van der Waals surface area contributed by atoms with Gasteiger partial charge in [-0.25, -0.2) is 13.8 Å². The van der Waals surface area contributed by atoms with Gasteiger partial charge in [-0.1, -0.05) is 0 Å². The molecular weight excluding hydrogens is 329 g/mol. The van der Waals surface area contributed by atoms with E-state index in [0.29, 0.717) is 12.1 Å². The van der Waals surface area contributed by atoms with Gasteiger partial charge in [0.25, 0.3) is 11.7 Å². The van der Waals surface area contributed by atoms with E-state index in [-0.39, 0.29) is 0 Å². The molecule has 2 N–H and O–H groups in total. The normalized spacial score (nSPS) is 28.0. The number of nitrogens with zero attached hydrogens (tertiary/aromatic N) is 2. The van der Waals surface area contributed by atoms with Crippen molar-refractivity contribution in [2.45, 2.75) is 30.9 Å². The number of amidine groups is 1. The van der Waals surface area contributed by atoms with Crippen molar-refractivity contribution in [2.75, 3.05) is 0 Å². The minimum Gasteiger partial charge on any atom is -0.449 e. The largest absolute Gasteiger partial charge is 0.449 e. The quantitative estimate of drug-likeness (QED) is 0.509. The van der Waals surface area contributed by atoms with Crippen LogP contribution in [0.5, 0.6) is 0 Å². The molecule has 11 heteroatoms. The summed E-state index contributed by atoms with van der Waals surface area (Å²) in [5.74, 6) is -1.15. The fourth-order valence-electron chi connectivity index (χ4n) is 2.26. The maximum Gasteiger partial charge on any atom is 0.428 e. The first-order valence-electron chi connectivity index (χ1n) is 6.14. The van der Waals surface area contributed by atoms with Crippen molar-refractivity contribution in [1.29, 1.82) is 0 Å². The van der Waals surface area contributed by atoms with Crippen LogP contribution < -0.4 is 5.73 Å². The highest BCUT2D eigenvalue weighted by atomic mass is 19.4. The maximum absolute atomic E-state index is 14.4. The first-order valence-corrected chi connectivity index (χ1v) is 6.14. The Labute approximate surface area is 125 Å². The molecule has 0 amide bonds. The molecule has 1 aromatic carbocycles. The molecule has 0 saturated heterocycles. The Balaban J connectivity index is 2.62. The van der Waals surface area contributed by atoms with Crippen molar-refractivity contribution in [3.63, 3.8) is 0 Å². The van der Waals surface area contributed by atoms with E-state index < -0.39 is 52.0 Å². The van der Waals surface area contributed by atoms with Crippen LogP contribution >= 0.6 is 0 Å². The van der Waals surface area contributed by atoms with E-state index in [1.807, 2.05) is 0 Å². The lowest BCUT2D eigenvalue weighted by Crippen LogP contribution is -2.55. The molecule has 0 spiro atoms. The van der Waals surface area contributed by atoms with Crippen LogP contribution in [0.3, 0.4) is 0 Å². The van der Waals surface area contributed by atoms with Gasteiger partial charge in [0.1, 0.15) is 11.4 Å². The van der Waals surface area contributed by atoms with Crippen molar-refractivity contribution < 1.29 is 31.6 Å². The number of non-ortho nitro benzene ring substituents is 1. The van der Waals surface area contributed by atoms with Crippen molar-refractivity contribution in [3.8, 4) is 0 Å². The van der Waals surface area contributed by atoms with Gasteiger partial charge in [-0.15, -0.1) is 0 Å². The summed E-state index contributed by atoms with van der Waals surface area (Å²) in [6.45, 7) is 0.855. The molecule has 1 aliphatic rings. The number of rotatable bonds is 2. The highest BCUT2D eigenvalue weighted by molar-refractivity contribution is 5.73. The maximum atomic E-state index is 14.4. The van der Waals surface area contributed by atoms with Gasteiger partial charge in [0.15, 0.2) is 6.17 Å². The Morgan fingerprint density at radius 1 is 1.43 bits per heavy atom. The third-order valence-corrected chi connectivity index (χ3v) is 3.42. The van der Waals surface area contributed by atoms with Crippen LogP contribution in [0.1, 0.15) is 12.5 Å². The molecule has 1 aliphatic heterocycles. The minimum atomic E-state index is -5.13. The summed E-state index contributed by atoms with van der Waals surface area (Å²) < 4.78 is 71.1. The Bertz CT molecular complexity index is 678. The van der Waals surface area contributed by atoms with Crippen LogP contribution in [-0.4, -0.2) is 29.4 Å². The Hall–Kier alpha value is -2.46. The molecule has 126 valence electrons. The SMILES string of the molecule is C[C@]1(c2cc([N+](=O)[O-])ccc2F)N=C(N)O[C@H](C(F)(F)F)[C@@H]1F. The molecule has 0 aliphatic carbocycles. The van der Waals surface area contributed by atoms with E-state index in [4.69, 9.17) is 5.73 Å². The van der Waals surface area contributed by atoms with Crippen LogP contribution in [0.25, 0.3) is 0 Å². The molecule has 1 heterocycles. The Morgan fingerprint density at radius 2 is 2.04 bits per heavy atom. The average Bonchev–Trinajstić information content (AvgIpc) is 2.41. The van der Waals surface area contributed by atoms with Crippen molar-refractivity contribution in [3.05, 3.63) is 39.7 Å². The minimum absolute atomic E-state index is 0.622. The average molecular weight is 339 g/mol. The second kappa shape index (κ2) is 5.32. The summed E-state index contributed by atoms with van der Waals surface area (Å²) in [7, 11) is 0. The summed E-state index contributed by atoms with van der Waals surface area (Å²) in [6.07, 6.45) is -11.0. The molecule has 2 rings (SSSR count). The summed E-state index contributed by atoms with van der Waals surface area (Å²) >= 11 is 0. The molecule has 0 radical (unpaired) electrons. The smallest absolute Gasteiger partial charge is 0.428 e. The van der Waals surface area contributed by atoms with Crippen molar-refractivity contribution in [2.24, 2.45) is 10.7 Å². The van der Waals surface area contributed by atoms with E-state index in [1.165, 1.54) is 0 Å². The van der Waals surface area contributed by atoms with Gasteiger partial charge in [-0.2, -0.15) is 13.2 Å². The molecule has 0 saturated carbocycles. The van der Waals surface area contributed by atoms with E-state index in [2.05, 4.69) is 9.73 Å². The first kappa shape index (κ1) is 16.9. The number of nitrogens with two attached hydrogens (primary N) is 1. The van der Waals surface area contributed by atoms with Crippen LogP contribution in [-0.2, 0) is 10.3 Å². The van der Waals surface area contributed by atoms with Crippen LogP contribution in [0, 0.1) is 15.9 Å². The lowest BCUT2D eigenvalue weighted by Gasteiger charge is -2.38. The number of nitro benzene ring substituents is 1. The molecular formula is C12H10F5N3O3. The first-order chi connectivity index (χ1) is 10.5. The van der Waals surface area contributed by atoms with Crippen LogP contribution in [0.15, 0.2) is 23.2 Å². The standard InChI is InChI=1S/C12H10F5N3O3/c1-11(6-4-5(20(21)22)2-3-7(6)13)8(14)9(12(15,16)17)23-10(18)19-11/h2-4,8-9H,1H3,(H2,18,19)/t8-,9-,11+/m0/s1. The molecule has 23 heavy (non-hydrogen) atoms. The van der Waals surface area contributed by atoms with Gasteiger partial charge in [0, 0.05) is 17.7 Å². The molecule has 1 aromatic rings. The van der Waals surface area contributed by atoms with Gasteiger partial charge in [-0.3, -0.25) is 10.1 Å². The van der Waals surface area contributed by atoms with E-state index in [1.54, 1.807) is 0 Å². The summed E-state index contributed by atoms with van der Waals surface area (Å²) in [6, 6.07) is 1.07. The zero-order chi connectivity index (χ0) is 17.6. The molecule has 0 unspecified atom stereocenters. The number of benzene rings is 1. The van der Waals surface area contributed by atoms with Gasteiger partial charge in [-0.05, 0) is 13.0 Å². The molecule has 6 nitrogen and oxygen atoms in total. The van der Waals surface area contributed by atoms with Crippen molar-refractivity contribution in [1.82, 2.24) is 0 Å². The molecule has 3 atom stereocenters. The number of hydrogen-bond acceptors (Lipinski definition) is 5. The van der Waals surface area contributed by atoms with E-state index in [0.717, 1.165) is 13.0 Å². The van der Waals surface area contributed by atoms with Gasteiger partial charge in [0.2, 0.25) is 6.10 Å². The van der Waals surface area contributed by atoms with Crippen LogP contribution in [0.4, 0.5) is 27.6 Å². The summed E-state index contributed by atoms with van der Waals surface area (Å²) in [5, 5.41) is 10.7. The number of ether oxygens (including phenoxy) is 1. The van der Waals surface area contributed by atoms with Gasteiger partial charge < -0.3 is 10.5 Å². The summed E-state index contributed by atoms with van der Waals surface area (Å²) in [5.41, 5.74) is 1.37. The number of aliphatic imine (C=N–C) groups is 1. The lowest BCUT2D eigenvalue weighted by atomic mass is 9.83. The summed E-state index contributed by atoms with van der Waals surface area (Å²) in [4.78, 5) is 13.3. The topological polar surface area (TPSA) is 90.8 Å². The van der Waals surface area contributed by atoms with E-state index >= 15 is 0 Å². The number of halogens is 5. The molecule has 0 bridgehead atoms.